The predicted molar refractivity (Wildman–Crippen MR) is 14.2 cm³/mol. The zero-order chi connectivity index (χ0) is 3.41. The van der Waals surface area contributed by atoms with E-state index in [9.17, 15) is 0 Å². The number of rotatable bonds is 1. The van der Waals surface area contributed by atoms with Crippen molar-refractivity contribution in [1.82, 2.24) is 0 Å². The molecule has 0 aliphatic rings. The standard InChI is InChI=1S/C2H6O2.Rh/c3-1-2-4;/h3-4H,1-2H2;. The van der Waals surface area contributed by atoms with Crippen molar-refractivity contribution in [3.8, 4) is 0 Å². The second-order valence-electron chi connectivity index (χ2n) is 0.447. The molecule has 0 heterocycles. The van der Waals surface area contributed by atoms with Gasteiger partial charge in [-0.05, 0) is 0 Å². The minimum atomic E-state index is -0.125. The molecule has 3 heteroatoms. The molecule has 0 atom stereocenters. The third kappa shape index (κ3) is 12.3. The second-order valence-corrected chi connectivity index (χ2v) is 0.447. The van der Waals surface area contributed by atoms with Gasteiger partial charge < -0.3 is 10.2 Å². The molecule has 0 fully saturated rings. The summed E-state index contributed by atoms with van der Waals surface area (Å²) in [5.74, 6) is 0. The monoisotopic (exact) mass is 165 g/mol. The van der Waals surface area contributed by atoms with Gasteiger partial charge in [0.05, 0.1) is 13.2 Å². The Morgan fingerprint density at radius 3 is 1.20 bits per heavy atom. The number of aliphatic hydroxyl groups is 2. The van der Waals surface area contributed by atoms with Crippen molar-refractivity contribution in [2.24, 2.45) is 0 Å². The van der Waals surface area contributed by atoms with E-state index in [4.69, 9.17) is 10.2 Å². The Kier molecular flexibility index (Phi) is 16.1. The molecular formula is C2H6O2Rh. The Hall–Kier alpha value is 0.543. The molecule has 0 aromatic rings. The SMILES string of the molecule is OCCO.[Rh]. The summed E-state index contributed by atoms with van der Waals surface area (Å²) in [7, 11) is 0. The van der Waals surface area contributed by atoms with Crippen molar-refractivity contribution in [1.29, 1.82) is 0 Å². The minimum Gasteiger partial charge on any atom is -0.394 e. The fourth-order valence-electron chi connectivity index (χ4n) is 0. The first-order chi connectivity index (χ1) is 1.91. The topological polar surface area (TPSA) is 40.5 Å². The molecule has 0 aromatic carbocycles. The van der Waals surface area contributed by atoms with Gasteiger partial charge in [-0.25, -0.2) is 0 Å². The summed E-state index contributed by atoms with van der Waals surface area (Å²) >= 11 is 0. The summed E-state index contributed by atoms with van der Waals surface area (Å²) in [5.41, 5.74) is 0. The van der Waals surface area contributed by atoms with Gasteiger partial charge >= 0.3 is 0 Å². The van der Waals surface area contributed by atoms with Crippen LogP contribution in [-0.2, 0) is 19.5 Å². The van der Waals surface area contributed by atoms with Crippen molar-refractivity contribution in [2.75, 3.05) is 13.2 Å². The van der Waals surface area contributed by atoms with E-state index >= 15 is 0 Å². The molecule has 0 spiro atoms. The van der Waals surface area contributed by atoms with E-state index in [0.717, 1.165) is 0 Å². The summed E-state index contributed by atoms with van der Waals surface area (Å²) in [4.78, 5) is 0. The van der Waals surface area contributed by atoms with Crippen LogP contribution in [0.3, 0.4) is 0 Å². The van der Waals surface area contributed by atoms with Crippen LogP contribution in [0.1, 0.15) is 0 Å². The Morgan fingerprint density at radius 1 is 1.00 bits per heavy atom. The third-order valence-electron chi connectivity index (χ3n) is 0.1000. The average molecular weight is 165 g/mol. The smallest absolute Gasteiger partial charge is 0.0662 e. The van der Waals surface area contributed by atoms with E-state index in [2.05, 4.69) is 0 Å². The molecular weight excluding hydrogens is 159 g/mol. The van der Waals surface area contributed by atoms with Gasteiger partial charge in [0.2, 0.25) is 0 Å². The Morgan fingerprint density at radius 2 is 1.20 bits per heavy atom. The van der Waals surface area contributed by atoms with Gasteiger partial charge in [-0.15, -0.1) is 0 Å². The first-order valence-corrected chi connectivity index (χ1v) is 1.13. The van der Waals surface area contributed by atoms with E-state index in [1.54, 1.807) is 0 Å². The van der Waals surface area contributed by atoms with Crippen molar-refractivity contribution >= 4 is 0 Å². The summed E-state index contributed by atoms with van der Waals surface area (Å²) in [5, 5.41) is 15.2. The molecule has 0 aliphatic heterocycles. The van der Waals surface area contributed by atoms with Gasteiger partial charge in [0.1, 0.15) is 0 Å². The molecule has 2 nitrogen and oxygen atoms in total. The molecule has 0 saturated carbocycles. The maximum absolute atomic E-state index is 7.62. The molecule has 0 saturated heterocycles. The van der Waals surface area contributed by atoms with Crippen LogP contribution >= 0.6 is 0 Å². The summed E-state index contributed by atoms with van der Waals surface area (Å²) < 4.78 is 0. The Balaban J connectivity index is 0. The van der Waals surface area contributed by atoms with Crippen LogP contribution in [0.5, 0.6) is 0 Å². The van der Waals surface area contributed by atoms with Crippen LogP contribution in [0.4, 0.5) is 0 Å². The molecule has 0 amide bonds. The third-order valence-corrected chi connectivity index (χ3v) is 0.1000. The molecule has 0 aromatic heterocycles. The molecule has 0 unspecified atom stereocenters. The van der Waals surface area contributed by atoms with Gasteiger partial charge in [-0.2, -0.15) is 0 Å². The molecule has 1 radical (unpaired) electrons. The zero-order valence-electron chi connectivity index (χ0n) is 2.64. The average Bonchev–Trinajstić information content (AvgIpc) is 1.37. The number of hydrogen-bond donors (Lipinski definition) is 2. The van der Waals surface area contributed by atoms with E-state index in [1.165, 1.54) is 0 Å². The van der Waals surface area contributed by atoms with Gasteiger partial charge in [-0.3, -0.25) is 0 Å². The zero-order valence-corrected chi connectivity index (χ0v) is 4.28. The normalized spacial score (nSPS) is 6.00. The molecule has 2 N–H and O–H groups in total. The molecule has 0 bridgehead atoms. The minimum absolute atomic E-state index is 0. The molecule has 35 valence electrons. The largest absolute Gasteiger partial charge is 0.394 e. The van der Waals surface area contributed by atoms with E-state index in [-0.39, 0.29) is 32.7 Å². The molecule has 0 aliphatic carbocycles. The van der Waals surface area contributed by atoms with Gasteiger partial charge in [0.15, 0.2) is 0 Å². The summed E-state index contributed by atoms with van der Waals surface area (Å²) in [6.07, 6.45) is 0. The van der Waals surface area contributed by atoms with Crippen LogP contribution in [-0.4, -0.2) is 23.4 Å². The van der Waals surface area contributed by atoms with Crippen molar-refractivity contribution in [2.45, 2.75) is 0 Å². The summed E-state index contributed by atoms with van der Waals surface area (Å²) in [6, 6.07) is 0. The van der Waals surface area contributed by atoms with Crippen LogP contribution in [0, 0.1) is 0 Å². The van der Waals surface area contributed by atoms with Crippen molar-refractivity contribution in [3.63, 3.8) is 0 Å². The second kappa shape index (κ2) is 8.82. The van der Waals surface area contributed by atoms with Crippen molar-refractivity contribution in [3.05, 3.63) is 0 Å². The quantitative estimate of drug-likeness (QED) is 0.487. The maximum atomic E-state index is 7.62. The predicted octanol–water partition coefficient (Wildman–Crippen LogP) is -1.03. The van der Waals surface area contributed by atoms with Crippen LogP contribution in [0.15, 0.2) is 0 Å². The van der Waals surface area contributed by atoms with Crippen LogP contribution in [0.25, 0.3) is 0 Å². The van der Waals surface area contributed by atoms with E-state index in [0.29, 0.717) is 0 Å². The number of aliphatic hydroxyl groups excluding tert-OH is 2. The summed E-state index contributed by atoms with van der Waals surface area (Å²) in [6.45, 7) is -0.250. The van der Waals surface area contributed by atoms with Gasteiger partial charge in [0, 0.05) is 19.5 Å². The fraction of sp³-hybridized carbons (Fsp3) is 1.00. The van der Waals surface area contributed by atoms with Crippen LogP contribution < -0.4 is 0 Å². The van der Waals surface area contributed by atoms with Gasteiger partial charge in [0.25, 0.3) is 0 Å². The van der Waals surface area contributed by atoms with Crippen molar-refractivity contribution < 1.29 is 29.7 Å². The molecule has 0 rings (SSSR count). The Bertz CT molecular complexity index is 9.61. The fourth-order valence-corrected chi connectivity index (χ4v) is 0. The molecule has 5 heavy (non-hydrogen) atoms. The van der Waals surface area contributed by atoms with E-state index in [1.807, 2.05) is 0 Å². The first kappa shape index (κ1) is 9.11. The van der Waals surface area contributed by atoms with E-state index < -0.39 is 0 Å². The van der Waals surface area contributed by atoms with Crippen LogP contribution in [0.2, 0.25) is 0 Å². The number of hydrogen-bond acceptors (Lipinski definition) is 2. The Labute approximate surface area is 43.6 Å². The maximum Gasteiger partial charge on any atom is 0.0662 e. The first-order valence-electron chi connectivity index (χ1n) is 1.13. The van der Waals surface area contributed by atoms with Gasteiger partial charge in [-0.1, -0.05) is 0 Å².